The van der Waals surface area contributed by atoms with Gasteiger partial charge in [0.15, 0.2) is 0 Å². The van der Waals surface area contributed by atoms with Crippen molar-refractivity contribution in [1.29, 1.82) is 0 Å². The van der Waals surface area contributed by atoms with Crippen LogP contribution < -0.4 is 5.32 Å². The first kappa shape index (κ1) is 9.47. The molecule has 14 heavy (non-hydrogen) atoms. The molecule has 1 nitrogen and oxygen atoms in total. The molecule has 2 unspecified atom stereocenters. The summed E-state index contributed by atoms with van der Waals surface area (Å²) in [5, 5.41) is 3.57. The van der Waals surface area contributed by atoms with Crippen molar-refractivity contribution in [2.24, 2.45) is 0 Å². The molecule has 1 aromatic rings. The Morgan fingerprint density at radius 1 is 1.29 bits per heavy atom. The molecular weight excluding hydrogens is 170 g/mol. The van der Waals surface area contributed by atoms with E-state index in [2.05, 4.69) is 42.2 Å². The third kappa shape index (κ3) is 2.24. The Kier molecular flexibility index (Phi) is 3.00. The molecule has 2 rings (SSSR count). The van der Waals surface area contributed by atoms with E-state index in [4.69, 9.17) is 0 Å². The maximum Gasteiger partial charge on any atom is 0.0250 e. The lowest BCUT2D eigenvalue weighted by Crippen LogP contribution is -2.29. The van der Waals surface area contributed by atoms with Gasteiger partial charge in [0.25, 0.3) is 0 Å². The van der Waals surface area contributed by atoms with Crippen LogP contribution in [0.1, 0.15) is 18.4 Å². The highest BCUT2D eigenvalue weighted by atomic mass is 15.0. The molecule has 1 saturated heterocycles. The van der Waals surface area contributed by atoms with E-state index < -0.39 is 0 Å². The third-order valence-corrected chi connectivity index (χ3v) is 2.89. The van der Waals surface area contributed by atoms with Crippen LogP contribution in [0, 0.1) is 0 Å². The lowest BCUT2D eigenvalue weighted by molar-refractivity contribution is 0.579. The molecule has 0 saturated carbocycles. The Labute approximate surface area is 85.8 Å². The van der Waals surface area contributed by atoms with E-state index in [1.54, 1.807) is 0 Å². The fraction of sp³-hybridized carbons (Fsp3) is 0.385. The van der Waals surface area contributed by atoms with Gasteiger partial charge >= 0.3 is 0 Å². The summed E-state index contributed by atoms with van der Waals surface area (Å²) in [4.78, 5) is 0. The van der Waals surface area contributed by atoms with E-state index in [-0.39, 0.29) is 0 Å². The van der Waals surface area contributed by atoms with Crippen LogP contribution in [-0.2, 0) is 6.42 Å². The Morgan fingerprint density at radius 3 is 2.71 bits per heavy atom. The van der Waals surface area contributed by atoms with E-state index in [1.807, 2.05) is 6.08 Å². The quantitative estimate of drug-likeness (QED) is 0.717. The van der Waals surface area contributed by atoms with Gasteiger partial charge in [-0.25, -0.2) is 0 Å². The highest BCUT2D eigenvalue weighted by molar-refractivity contribution is 5.16. The minimum atomic E-state index is 0.531. The van der Waals surface area contributed by atoms with Gasteiger partial charge in [-0.3, -0.25) is 0 Å². The van der Waals surface area contributed by atoms with Crippen molar-refractivity contribution in [3.63, 3.8) is 0 Å². The first-order valence-corrected chi connectivity index (χ1v) is 5.31. The third-order valence-electron chi connectivity index (χ3n) is 2.89. The van der Waals surface area contributed by atoms with Crippen molar-refractivity contribution >= 4 is 0 Å². The van der Waals surface area contributed by atoms with E-state index >= 15 is 0 Å². The summed E-state index contributed by atoms with van der Waals surface area (Å²) >= 11 is 0. The zero-order valence-corrected chi connectivity index (χ0v) is 8.45. The van der Waals surface area contributed by atoms with Gasteiger partial charge in [-0.05, 0) is 24.8 Å². The first-order chi connectivity index (χ1) is 6.88. The van der Waals surface area contributed by atoms with Gasteiger partial charge in [0.2, 0.25) is 0 Å². The van der Waals surface area contributed by atoms with Crippen LogP contribution in [0.5, 0.6) is 0 Å². The smallest absolute Gasteiger partial charge is 0.0250 e. The topological polar surface area (TPSA) is 12.0 Å². The minimum absolute atomic E-state index is 0.531. The van der Waals surface area contributed by atoms with Gasteiger partial charge in [-0.1, -0.05) is 36.4 Å². The molecule has 0 spiro atoms. The second-order valence-corrected chi connectivity index (χ2v) is 3.97. The predicted octanol–water partition coefficient (Wildman–Crippen LogP) is 2.54. The van der Waals surface area contributed by atoms with Gasteiger partial charge < -0.3 is 5.32 Å². The average molecular weight is 187 g/mol. The molecule has 1 N–H and O–H groups in total. The molecular formula is C13H17N. The molecule has 1 fully saturated rings. The maximum absolute atomic E-state index is 3.82. The monoisotopic (exact) mass is 187 g/mol. The number of hydrogen-bond acceptors (Lipinski definition) is 1. The van der Waals surface area contributed by atoms with Gasteiger partial charge in [-0.15, -0.1) is 6.58 Å². The van der Waals surface area contributed by atoms with Crippen LogP contribution in [0.2, 0.25) is 0 Å². The zero-order valence-electron chi connectivity index (χ0n) is 8.45. The van der Waals surface area contributed by atoms with Crippen LogP contribution in [-0.4, -0.2) is 12.1 Å². The highest BCUT2D eigenvalue weighted by Crippen LogP contribution is 2.16. The number of rotatable bonds is 3. The van der Waals surface area contributed by atoms with Crippen molar-refractivity contribution < 1.29 is 0 Å². The van der Waals surface area contributed by atoms with Gasteiger partial charge in [0, 0.05) is 12.1 Å². The number of hydrogen-bond donors (Lipinski definition) is 1. The lowest BCUT2D eigenvalue weighted by Gasteiger charge is -2.11. The fourth-order valence-corrected chi connectivity index (χ4v) is 2.10. The Hall–Kier alpha value is -1.08. The minimum Gasteiger partial charge on any atom is -0.307 e. The van der Waals surface area contributed by atoms with Crippen LogP contribution in [0.4, 0.5) is 0 Å². The molecule has 1 aromatic carbocycles. The van der Waals surface area contributed by atoms with E-state index in [0.29, 0.717) is 12.1 Å². The molecule has 74 valence electrons. The summed E-state index contributed by atoms with van der Waals surface area (Å²) in [5.74, 6) is 0. The van der Waals surface area contributed by atoms with Crippen molar-refractivity contribution in [1.82, 2.24) is 5.32 Å². The Morgan fingerprint density at radius 2 is 2.07 bits per heavy atom. The molecule has 1 heterocycles. The molecule has 0 aromatic heterocycles. The van der Waals surface area contributed by atoms with Crippen LogP contribution in [0.15, 0.2) is 43.0 Å². The summed E-state index contributed by atoms with van der Waals surface area (Å²) in [6.07, 6.45) is 5.67. The molecule has 1 aliphatic heterocycles. The van der Waals surface area contributed by atoms with Crippen molar-refractivity contribution in [2.75, 3.05) is 0 Å². The summed E-state index contributed by atoms with van der Waals surface area (Å²) in [6.45, 7) is 3.82. The molecule has 1 aliphatic rings. The Bertz CT molecular complexity index is 291. The van der Waals surface area contributed by atoms with Gasteiger partial charge in [0.05, 0.1) is 0 Å². The number of benzene rings is 1. The maximum atomic E-state index is 3.82. The van der Waals surface area contributed by atoms with Crippen LogP contribution >= 0.6 is 0 Å². The summed E-state index contributed by atoms with van der Waals surface area (Å²) in [7, 11) is 0. The fourth-order valence-electron chi connectivity index (χ4n) is 2.10. The SMILES string of the molecule is C=CC1CCC(Cc2ccccc2)N1. The van der Waals surface area contributed by atoms with Crippen LogP contribution in [0.25, 0.3) is 0 Å². The van der Waals surface area contributed by atoms with Crippen molar-refractivity contribution in [3.05, 3.63) is 48.6 Å². The number of nitrogens with one attached hydrogen (secondary N) is 1. The Balaban J connectivity index is 1.90. The summed E-state index contributed by atoms with van der Waals surface area (Å²) in [6, 6.07) is 11.8. The second-order valence-electron chi connectivity index (χ2n) is 3.97. The lowest BCUT2D eigenvalue weighted by atomic mass is 10.0. The van der Waals surface area contributed by atoms with Crippen LogP contribution in [0.3, 0.4) is 0 Å². The first-order valence-electron chi connectivity index (χ1n) is 5.31. The second kappa shape index (κ2) is 4.43. The molecule has 0 radical (unpaired) electrons. The van der Waals surface area contributed by atoms with Crippen molar-refractivity contribution in [2.45, 2.75) is 31.3 Å². The molecule has 1 heteroatoms. The van der Waals surface area contributed by atoms with E-state index in [9.17, 15) is 0 Å². The summed E-state index contributed by atoms with van der Waals surface area (Å²) in [5.41, 5.74) is 1.43. The largest absolute Gasteiger partial charge is 0.307 e. The molecule has 2 atom stereocenters. The summed E-state index contributed by atoms with van der Waals surface area (Å²) < 4.78 is 0. The normalized spacial score (nSPS) is 26.3. The molecule has 0 aliphatic carbocycles. The highest BCUT2D eigenvalue weighted by Gasteiger charge is 2.20. The predicted molar refractivity (Wildman–Crippen MR) is 60.3 cm³/mol. The average Bonchev–Trinajstić information content (AvgIpc) is 2.67. The van der Waals surface area contributed by atoms with Crippen molar-refractivity contribution in [3.8, 4) is 0 Å². The van der Waals surface area contributed by atoms with E-state index in [0.717, 1.165) is 6.42 Å². The van der Waals surface area contributed by atoms with Gasteiger partial charge in [-0.2, -0.15) is 0 Å². The molecule has 0 amide bonds. The van der Waals surface area contributed by atoms with E-state index in [1.165, 1.54) is 18.4 Å². The zero-order chi connectivity index (χ0) is 9.80. The molecule has 0 bridgehead atoms. The standard InChI is InChI=1S/C13H17N/c1-2-12-8-9-13(14-12)10-11-6-4-3-5-7-11/h2-7,12-14H,1,8-10H2. The van der Waals surface area contributed by atoms with Gasteiger partial charge in [0.1, 0.15) is 0 Å².